The molecule has 4 amide bonds. The smallest absolute Gasteiger partial charge is 0.253 e. The number of likely N-dealkylation sites (tertiary alicyclic amines) is 1. The summed E-state index contributed by atoms with van der Waals surface area (Å²) in [7, 11) is 0. The molecule has 0 aliphatic carbocycles. The lowest BCUT2D eigenvalue weighted by atomic mass is 10.3. The Morgan fingerprint density at radius 3 is 2.10 bits per heavy atom. The summed E-state index contributed by atoms with van der Waals surface area (Å²) in [5.74, 6) is -1.28. The van der Waals surface area contributed by atoms with Crippen molar-refractivity contribution >= 4 is 35.4 Å². The van der Waals surface area contributed by atoms with Crippen molar-refractivity contribution in [1.82, 2.24) is 9.80 Å². The molecule has 7 heteroatoms. The van der Waals surface area contributed by atoms with Crippen LogP contribution in [0.2, 0.25) is 0 Å². The highest BCUT2D eigenvalue weighted by Gasteiger charge is 2.41. The van der Waals surface area contributed by atoms with Crippen molar-refractivity contribution in [3.8, 4) is 0 Å². The molecule has 1 unspecified atom stereocenters. The average Bonchev–Trinajstić information content (AvgIpc) is 2.79. The van der Waals surface area contributed by atoms with Crippen molar-refractivity contribution in [2.24, 2.45) is 0 Å². The molecular weight excluding hydrogens is 292 g/mol. The molecule has 0 radical (unpaired) electrons. The highest BCUT2D eigenvalue weighted by molar-refractivity contribution is 8.01. The van der Waals surface area contributed by atoms with E-state index in [1.165, 1.54) is 23.9 Å². The number of carbonyl (C=O) groups excluding carboxylic acids is 4. The van der Waals surface area contributed by atoms with Gasteiger partial charge in [0.25, 0.3) is 11.8 Å². The van der Waals surface area contributed by atoms with Crippen LogP contribution < -0.4 is 0 Å². The first-order valence-corrected chi connectivity index (χ1v) is 7.62. The van der Waals surface area contributed by atoms with Crippen LogP contribution in [0.1, 0.15) is 27.2 Å². The number of imide groups is 2. The van der Waals surface area contributed by atoms with Crippen molar-refractivity contribution in [3.05, 3.63) is 12.2 Å². The maximum Gasteiger partial charge on any atom is 0.253 e. The van der Waals surface area contributed by atoms with Gasteiger partial charge in [-0.1, -0.05) is 20.8 Å². The Hall–Kier alpha value is -1.63. The van der Waals surface area contributed by atoms with Gasteiger partial charge >= 0.3 is 0 Å². The van der Waals surface area contributed by atoms with Gasteiger partial charge in [-0.05, 0) is 0 Å². The molecule has 21 heavy (non-hydrogen) atoms. The Labute approximate surface area is 127 Å². The molecular formula is C14H18N2O4S. The minimum Gasteiger partial charge on any atom is -0.280 e. The van der Waals surface area contributed by atoms with Gasteiger partial charge in [0.1, 0.15) is 0 Å². The molecule has 114 valence electrons. The standard InChI is InChI=1S/C14H18N2O4S/c1-14(2,3)21-9-8-12(19)16(13(9)20)7-6-15-10(17)4-5-11(15)18/h4-5,9H,6-8H2,1-3H3. The number of amides is 4. The summed E-state index contributed by atoms with van der Waals surface area (Å²) in [5, 5.41) is -0.374. The van der Waals surface area contributed by atoms with E-state index in [9.17, 15) is 19.2 Å². The Balaban J connectivity index is 1.95. The van der Waals surface area contributed by atoms with Crippen molar-refractivity contribution < 1.29 is 19.2 Å². The fourth-order valence-corrected chi connectivity index (χ4v) is 3.57. The molecule has 0 bridgehead atoms. The van der Waals surface area contributed by atoms with Crippen LogP contribution in [0.5, 0.6) is 0 Å². The molecule has 1 atom stereocenters. The molecule has 0 aromatic carbocycles. The second-order valence-electron chi connectivity index (χ2n) is 5.97. The Bertz CT molecular complexity index is 518. The molecule has 1 fully saturated rings. The van der Waals surface area contributed by atoms with Gasteiger partial charge in [0.05, 0.1) is 5.25 Å². The topological polar surface area (TPSA) is 74.8 Å². The first kappa shape index (κ1) is 15.8. The highest BCUT2D eigenvalue weighted by atomic mass is 32.2. The van der Waals surface area contributed by atoms with Crippen LogP contribution in [-0.4, -0.2) is 56.5 Å². The monoisotopic (exact) mass is 310 g/mol. The average molecular weight is 310 g/mol. The van der Waals surface area contributed by atoms with Crippen LogP contribution in [0.15, 0.2) is 12.2 Å². The van der Waals surface area contributed by atoms with E-state index in [1.54, 1.807) is 0 Å². The summed E-state index contributed by atoms with van der Waals surface area (Å²) in [6, 6.07) is 0. The van der Waals surface area contributed by atoms with Crippen LogP contribution in [0, 0.1) is 0 Å². The fraction of sp³-hybridized carbons (Fsp3) is 0.571. The summed E-state index contributed by atoms with van der Waals surface area (Å²) in [5.41, 5.74) is 0. The van der Waals surface area contributed by atoms with Gasteiger partial charge in [0.2, 0.25) is 11.8 Å². The number of carbonyl (C=O) groups is 4. The molecule has 2 aliphatic heterocycles. The first-order valence-electron chi connectivity index (χ1n) is 6.74. The predicted octanol–water partition coefficient (Wildman–Crippen LogP) is 0.571. The van der Waals surface area contributed by atoms with Crippen molar-refractivity contribution in [3.63, 3.8) is 0 Å². The lowest BCUT2D eigenvalue weighted by Gasteiger charge is -2.22. The normalized spacial score (nSPS) is 22.9. The third-order valence-corrected chi connectivity index (χ3v) is 4.51. The molecule has 6 nitrogen and oxygen atoms in total. The van der Waals surface area contributed by atoms with E-state index in [-0.39, 0.29) is 41.3 Å². The van der Waals surface area contributed by atoms with Crippen LogP contribution in [0.4, 0.5) is 0 Å². The van der Waals surface area contributed by atoms with Gasteiger partial charge in [0.15, 0.2) is 0 Å². The van der Waals surface area contributed by atoms with Crippen molar-refractivity contribution in [1.29, 1.82) is 0 Å². The summed E-state index contributed by atoms with van der Waals surface area (Å²) >= 11 is 1.47. The van der Waals surface area contributed by atoms with Crippen LogP contribution in [0.25, 0.3) is 0 Å². The predicted molar refractivity (Wildman–Crippen MR) is 78.3 cm³/mol. The number of nitrogens with zero attached hydrogens (tertiary/aromatic N) is 2. The molecule has 0 aromatic rings. The highest BCUT2D eigenvalue weighted by Crippen LogP contribution is 2.34. The maximum absolute atomic E-state index is 12.2. The molecule has 0 N–H and O–H groups in total. The lowest BCUT2D eigenvalue weighted by molar-refractivity contribution is -0.142. The van der Waals surface area contributed by atoms with Crippen molar-refractivity contribution in [2.75, 3.05) is 13.1 Å². The number of hydrogen-bond acceptors (Lipinski definition) is 5. The molecule has 0 aromatic heterocycles. The summed E-state index contributed by atoms with van der Waals surface area (Å²) < 4.78 is -0.110. The SMILES string of the molecule is CC(C)(C)SC1CC(=O)N(CCN2C(=O)C=CC2=O)C1=O. The fourth-order valence-electron chi connectivity index (χ4n) is 2.26. The Kier molecular flexibility index (Phi) is 4.22. The van der Waals surface area contributed by atoms with E-state index in [1.807, 2.05) is 20.8 Å². The van der Waals surface area contributed by atoms with Gasteiger partial charge in [-0.25, -0.2) is 0 Å². The summed E-state index contributed by atoms with van der Waals surface area (Å²) in [4.78, 5) is 49.2. The minimum absolute atomic E-state index is 0.0506. The largest absolute Gasteiger partial charge is 0.280 e. The number of rotatable bonds is 4. The van der Waals surface area contributed by atoms with E-state index < -0.39 is 11.8 Å². The zero-order valence-corrected chi connectivity index (χ0v) is 13.1. The molecule has 2 aliphatic rings. The van der Waals surface area contributed by atoms with Crippen LogP contribution in [-0.2, 0) is 19.2 Å². The van der Waals surface area contributed by atoms with E-state index in [2.05, 4.69) is 0 Å². The lowest BCUT2D eigenvalue weighted by Crippen LogP contribution is -2.41. The van der Waals surface area contributed by atoms with Crippen LogP contribution >= 0.6 is 11.8 Å². The Morgan fingerprint density at radius 2 is 1.57 bits per heavy atom. The minimum atomic E-state index is -0.403. The van der Waals surface area contributed by atoms with Crippen molar-refractivity contribution in [2.45, 2.75) is 37.2 Å². The van der Waals surface area contributed by atoms with E-state index in [0.29, 0.717) is 0 Å². The number of thioether (sulfide) groups is 1. The molecule has 0 saturated carbocycles. The maximum atomic E-state index is 12.2. The summed E-state index contributed by atoms with van der Waals surface area (Å²) in [6.07, 6.45) is 2.56. The van der Waals surface area contributed by atoms with Gasteiger partial charge in [0, 0.05) is 36.4 Å². The second-order valence-corrected chi connectivity index (χ2v) is 8.00. The third-order valence-electron chi connectivity index (χ3n) is 3.15. The molecule has 0 spiro atoms. The van der Waals surface area contributed by atoms with Gasteiger partial charge in [-0.15, -0.1) is 11.8 Å². The van der Waals surface area contributed by atoms with Crippen LogP contribution in [0.3, 0.4) is 0 Å². The molecule has 1 saturated heterocycles. The summed E-state index contributed by atoms with van der Waals surface area (Å²) in [6.45, 7) is 6.09. The second kappa shape index (κ2) is 5.63. The zero-order valence-electron chi connectivity index (χ0n) is 12.3. The first-order chi connectivity index (χ1) is 9.69. The number of hydrogen-bond donors (Lipinski definition) is 0. The van der Waals surface area contributed by atoms with E-state index >= 15 is 0 Å². The Morgan fingerprint density at radius 1 is 1.05 bits per heavy atom. The van der Waals surface area contributed by atoms with Gasteiger partial charge in [-0.3, -0.25) is 29.0 Å². The molecule has 2 rings (SSSR count). The molecule has 2 heterocycles. The van der Waals surface area contributed by atoms with Gasteiger partial charge < -0.3 is 0 Å². The van der Waals surface area contributed by atoms with E-state index in [0.717, 1.165) is 9.80 Å². The van der Waals surface area contributed by atoms with Gasteiger partial charge in [-0.2, -0.15) is 0 Å². The third kappa shape index (κ3) is 3.53. The zero-order chi connectivity index (χ0) is 15.8. The van der Waals surface area contributed by atoms with E-state index in [4.69, 9.17) is 0 Å². The quantitative estimate of drug-likeness (QED) is 0.710.